The monoisotopic (exact) mass is 482 g/mol. The van der Waals surface area contributed by atoms with E-state index in [0.29, 0.717) is 17.3 Å². The van der Waals surface area contributed by atoms with E-state index in [-0.39, 0.29) is 50.3 Å². The number of amides is 1. The molecule has 1 amide bonds. The highest BCUT2D eigenvalue weighted by Gasteiger charge is 2.41. The van der Waals surface area contributed by atoms with Crippen LogP contribution in [0.4, 0.5) is 35.1 Å². The first-order valence-corrected chi connectivity index (χ1v) is 10.0. The number of hydrogen-bond donors (Lipinski definition) is 1. The lowest BCUT2D eigenvalue weighted by Crippen LogP contribution is -2.39. The number of aromatic nitrogens is 2. The fourth-order valence-electron chi connectivity index (χ4n) is 4.48. The molecule has 2 aliphatic heterocycles. The number of carbonyl (C=O) groups is 1. The van der Waals surface area contributed by atoms with Crippen molar-refractivity contribution in [3.8, 4) is 0 Å². The topological polar surface area (TPSA) is 52.2 Å². The average Bonchev–Trinajstić information content (AvgIpc) is 3.27. The predicted octanol–water partition coefficient (Wildman–Crippen LogP) is 4.60. The molecule has 33 heavy (non-hydrogen) atoms. The Kier molecular flexibility index (Phi) is 5.87. The first-order chi connectivity index (χ1) is 15.3. The summed E-state index contributed by atoms with van der Waals surface area (Å²) in [5.74, 6) is -4.83. The number of H-pyrrole nitrogens is 1. The minimum atomic E-state index is -5.08. The van der Waals surface area contributed by atoms with Crippen molar-refractivity contribution in [3.63, 3.8) is 0 Å². The summed E-state index contributed by atoms with van der Waals surface area (Å²) < 4.78 is 105. The SMILES string of the molecule is O=C(c1n[nH]c2c1CN(CC(F)(F)F)C2)N1CCC(c2ccc(F)c(F)c2C(F)(F)F)CC1. The Morgan fingerprint density at radius 3 is 2.33 bits per heavy atom. The van der Waals surface area contributed by atoms with E-state index < -0.39 is 47.9 Å². The molecule has 2 aromatic rings. The molecule has 1 fully saturated rings. The number of piperidine rings is 1. The molecular weight excluding hydrogens is 464 g/mol. The molecule has 0 bridgehead atoms. The lowest BCUT2D eigenvalue weighted by atomic mass is 9.86. The van der Waals surface area contributed by atoms with E-state index in [0.717, 1.165) is 11.0 Å². The maximum absolute atomic E-state index is 13.9. The van der Waals surface area contributed by atoms with E-state index in [1.807, 2.05) is 0 Å². The molecule has 1 N–H and O–H groups in total. The number of halogens is 8. The standard InChI is InChI=1S/C20H18F8N4O/c21-13-2-1-11(15(16(13)22)20(26,27)28)10-3-5-32(6-4-10)18(33)17-12-7-31(9-19(23,24)25)8-14(12)29-30-17/h1-2,10H,3-9H2,(H,29,30). The van der Waals surface area contributed by atoms with E-state index >= 15 is 0 Å². The molecule has 0 unspecified atom stereocenters. The van der Waals surface area contributed by atoms with Gasteiger partial charge in [-0.2, -0.15) is 31.4 Å². The fraction of sp³-hybridized carbons (Fsp3) is 0.500. The Labute approximate surface area is 182 Å². The Morgan fingerprint density at radius 2 is 1.73 bits per heavy atom. The van der Waals surface area contributed by atoms with Crippen LogP contribution in [0.15, 0.2) is 12.1 Å². The maximum atomic E-state index is 13.9. The minimum Gasteiger partial charge on any atom is -0.337 e. The predicted molar refractivity (Wildman–Crippen MR) is 98.0 cm³/mol. The first-order valence-electron chi connectivity index (χ1n) is 10.0. The summed E-state index contributed by atoms with van der Waals surface area (Å²) in [6.07, 6.45) is -9.32. The summed E-state index contributed by atoms with van der Waals surface area (Å²) in [4.78, 5) is 15.4. The minimum absolute atomic E-state index is 0.0167. The van der Waals surface area contributed by atoms with E-state index in [2.05, 4.69) is 10.2 Å². The zero-order valence-electron chi connectivity index (χ0n) is 17.0. The van der Waals surface area contributed by atoms with Crippen LogP contribution in [0.2, 0.25) is 0 Å². The lowest BCUT2D eigenvalue weighted by molar-refractivity contribution is -0.147. The summed E-state index contributed by atoms with van der Waals surface area (Å²) in [5, 5.41) is 6.51. The van der Waals surface area contributed by atoms with Gasteiger partial charge in [0.2, 0.25) is 0 Å². The van der Waals surface area contributed by atoms with E-state index in [4.69, 9.17) is 0 Å². The van der Waals surface area contributed by atoms with Crippen molar-refractivity contribution in [2.24, 2.45) is 0 Å². The van der Waals surface area contributed by atoms with E-state index in [1.165, 1.54) is 4.90 Å². The number of fused-ring (bicyclic) bond motifs is 1. The Hall–Kier alpha value is -2.70. The highest BCUT2D eigenvalue weighted by molar-refractivity contribution is 5.94. The largest absolute Gasteiger partial charge is 0.419 e. The van der Waals surface area contributed by atoms with Crippen LogP contribution in [-0.2, 0) is 19.3 Å². The number of hydrogen-bond acceptors (Lipinski definition) is 3. The molecule has 0 radical (unpaired) electrons. The van der Waals surface area contributed by atoms with Gasteiger partial charge in [-0.1, -0.05) is 6.07 Å². The van der Waals surface area contributed by atoms with Gasteiger partial charge in [-0.15, -0.1) is 0 Å². The number of nitrogens with zero attached hydrogens (tertiary/aromatic N) is 3. The molecule has 0 aliphatic carbocycles. The molecule has 180 valence electrons. The molecule has 4 rings (SSSR count). The summed E-state index contributed by atoms with van der Waals surface area (Å²) >= 11 is 0. The highest BCUT2D eigenvalue weighted by atomic mass is 19.4. The molecule has 1 saturated heterocycles. The molecule has 5 nitrogen and oxygen atoms in total. The highest BCUT2D eigenvalue weighted by Crippen LogP contribution is 2.41. The number of carbonyl (C=O) groups excluding carboxylic acids is 1. The molecule has 1 aromatic heterocycles. The first kappa shape index (κ1) is 23.5. The summed E-state index contributed by atoms with van der Waals surface area (Å²) in [7, 11) is 0. The van der Waals surface area contributed by atoms with Gasteiger partial charge in [0.1, 0.15) is 0 Å². The number of nitrogens with one attached hydrogen (secondary N) is 1. The van der Waals surface area contributed by atoms with Crippen LogP contribution in [0.25, 0.3) is 0 Å². The normalized spacial score (nSPS) is 18.1. The van der Waals surface area contributed by atoms with Gasteiger partial charge >= 0.3 is 12.4 Å². The van der Waals surface area contributed by atoms with Crippen molar-refractivity contribution in [1.29, 1.82) is 0 Å². The summed E-state index contributed by atoms with van der Waals surface area (Å²) in [6, 6.07) is 1.57. The van der Waals surface area contributed by atoms with Gasteiger partial charge in [0, 0.05) is 31.7 Å². The van der Waals surface area contributed by atoms with Crippen molar-refractivity contribution in [1.82, 2.24) is 20.0 Å². The van der Waals surface area contributed by atoms with Gasteiger partial charge in [-0.3, -0.25) is 14.8 Å². The van der Waals surface area contributed by atoms with Crippen LogP contribution in [0, 0.1) is 11.6 Å². The quantitative estimate of drug-likeness (QED) is 0.651. The van der Waals surface area contributed by atoms with Gasteiger partial charge in [0.05, 0.1) is 17.8 Å². The smallest absolute Gasteiger partial charge is 0.337 e. The number of aromatic amines is 1. The van der Waals surface area contributed by atoms with Crippen LogP contribution in [0.3, 0.4) is 0 Å². The number of alkyl halides is 6. The Balaban J connectivity index is 1.46. The summed E-state index contributed by atoms with van der Waals surface area (Å²) in [6.45, 7) is -1.20. The van der Waals surface area contributed by atoms with Crippen molar-refractivity contribution in [3.05, 3.63) is 51.8 Å². The Morgan fingerprint density at radius 1 is 1.06 bits per heavy atom. The molecule has 0 atom stereocenters. The summed E-state index contributed by atoms with van der Waals surface area (Å²) in [5.41, 5.74) is -1.24. The number of benzene rings is 1. The van der Waals surface area contributed by atoms with Gasteiger partial charge in [-0.05, 0) is 30.4 Å². The molecular formula is C20H18F8N4O. The van der Waals surface area contributed by atoms with Crippen LogP contribution in [-0.4, -0.2) is 51.7 Å². The third kappa shape index (κ3) is 4.68. The molecule has 2 aliphatic rings. The lowest BCUT2D eigenvalue weighted by Gasteiger charge is -2.33. The van der Waals surface area contributed by atoms with E-state index in [9.17, 15) is 39.9 Å². The maximum Gasteiger partial charge on any atom is 0.419 e. The zero-order valence-corrected chi connectivity index (χ0v) is 17.0. The number of likely N-dealkylation sites (tertiary alicyclic amines) is 1. The van der Waals surface area contributed by atoms with E-state index in [1.54, 1.807) is 0 Å². The molecule has 0 spiro atoms. The number of rotatable bonds is 3. The molecule has 1 aromatic carbocycles. The van der Waals surface area contributed by atoms with Crippen molar-refractivity contribution >= 4 is 5.91 Å². The zero-order chi connectivity index (χ0) is 24.1. The van der Waals surface area contributed by atoms with Crippen molar-refractivity contribution < 1.29 is 39.9 Å². The van der Waals surface area contributed by atoms with Crippen molar-refractivity contribution in [2.75, 3.05) is 19.6 Å². The second-order valence-corrected chi connectivity index (χ2v) is 8.18. The van der Waals surface area contributed by atoms with Gasteiger partial charge in [-0.25, -0.2) is 8.78 Å². The van der Waals surface area contributed by atoms with Crippen LogP contribution in [0.1, 0.15) is 51.6 Å². The van der Waals surface area contributed by atoms with Gasteiger partial charge < -0.3 is 4.90 Å². The Bertz CT molecular complexity index is 1050. The van der Waals surface area contributed by atoms with Gasteiger partial charge in [0.25, 0.3) is 5.91 Å². The van der Waals surface area contributed by atoms with Crippen molar-refractivity contribution in [2.45, 2.75) is 44.2 Å². The van der Waals surface area contributed by atoms with Gasteiger partial charge in [0.15, 0.2) is 17.3 Å². The fourth-order valence-corrected chi connectivity index (χ4v) is 4.48. The van der Waals surface area contributed by atoms with Crippen LogP contribution < -0.4 is 0 Å². The molecule has 3 heterocycles. The molecule has 0 saturated carbocycles. The third-order valence-corrected chi connectivity index (χ3v) is 5.95. The van der Waals surface area contributed by atoms with Crippen LogP contribution in [0.5, 0.6) is 0 Å². The molecule has 13 heteroatoms. The van der Waals surface area contributed by atoms with Crippen LogP contribution >= 0.6 is 0 Å². The second kappa shape index (κ2) is 8.26. The second-order valence-electron chi connectivity index (χ2n) is 8.18. The average molecular weight is 482 g/mol. The third-order valence-electron chi connectivity index (χ3n) is 5.95.